The number of rotatable bonds is 9. The molecule has 1 saturated carbocycles. The summed E-state index contributed by atoms with van der Waals surface area (Å²) in [5.41, 5.74) is -0.888. The molecule has 0 spiro atoms. The Bertz CT molecular complexity index is 808. The fourth-order valence-corrected chi connectivity index (χ4v) is 2.91. The predicted octanol–water partition coefficient (Wildman–Crippen LogP) is 3.93. The number of nitrogens with zero attached hydrogens (tertiary/aromatic N) is 1. The van der Waals surface area contributed by atoms with Crippen molar-refractivity contribution >= 4 is 12.0 Å². The van der Waals surface area contributed by atoms with Gasteiger partial charge in [0, 0.05) is 18.7 Å². The first kappa shape index (κ1) is 24.6. The van der Waals surface area contributed by atoms with Crippen molar-refractivity contribution < 1.29 is 41.0 Å². The standard InChI is InChI=1S/C19H24F5N3O4/c1-4-17(5-2,15(28)25-3)27-16(29)31-13-9-8-12(11-6-7-11)14(26-13)30-10-18(20,21)19(22,23)24/h8-9,11H,4-7,10H2,1-3H3,(H,25,28)(H,27,29). The molecular formula is C19H24F5N3O4. The molecule has 1 fully saturated rings. The van der Waals surface area contributed by atoms with Crippen LogP contribution in [-0.4, -0.2) is 48.3 Å². The number of halogens is 5. The Hall–Kier alpha value is -2.66. The summed E-state index contributed by atoms with van der Waals surface area (Å²) in [6.07, 6.45) is -4.89. The Morgan fingerprint density at radius 2 is 1.74 bits per heavy atom. The number of pyridine rings is 1. The molecule has 0 atom stereocenters. The van der Waals surface area contributed by atoms with Crippen molar-refractivity contribution in [2.75, 3.05) is 13.7 Å². The summed E-state index contributed by atoms with van der Waals surface area (Å²) < 4.78 is 73.5. The van der Waals surface area contributed by atoms with Gasteiger partial charge in [-0.3, -0.25) is 4.79 Å². The highest BCUT2D eigenvalue weighted by atomic mass is 19.4. The molecule has 31 heavy (non-hydrogen) atoms. The van der Waals surface area contributed by atoms with Crippen molar-refractivity contribution in [3.8, 4) is 11.8 Å². The van der Waals surface area contributed by atoms with Crippen molar-refractivity contribution in [2.24, 2.45) is 0 Å². The van der Waals surface area contributed by atoms with E-state index in [0.717, 1.165) is 0 Å². The second-order valence-corrected chi connectivity index (χ2v) is 7.19. The van der Waals surface area contributed by atoms with Crippen LogP contribution >= 0.6 is 0 Å². The van der Waals surface area contributed by atoms with Gasteiger partial charge in [0.2, 0.25) is 17.7 Å². The van der Waals surface area contributed by atoms with E-state index >= 15 is 0 Å². The monoisotopic (exact) mass is 453 g/mol. The maximum atomic E-state index is 13.2. The number of aromatic nitrogens is 1. The van der Waals surface area contributed by atoms with Gasteiger partial charge in [-0.2, -0.15) is 26.9 Å². The summed E-state index contributed by atoms with van der Waals surface area (Å²) in [6.45, 7) is 1.42. The molecule has 0 bridgehead atoms. The predicted molar refractivity (Wildman–Crippen MR) is 99.2 cm³/mol. The van der Waals surface area contributed by atoms with Crippen LogP contribution in [0.3, 0.4) is 0 Å². The number of alkyl halides is 5. The lowest BCUT2D eigenvalue weighted by atomic mass is 9.92. The molecule has 7 nitrogen and oxygen atoms in total. The highest BCUT2D eigenvalue weighted by molar-refractivity contribution is 5.90. The fourth-order valence-electron chi connectivity index (χ4n) is 2.91. The normalized spacial score (nSPS) is 14.7. The largest absolute Gasteiger partial charge is 0.471 e. The molecule has 1 aromatic heterocycles. The molecule has 12 heteroatoms. The van der Waals surface area contributed by atoms with Gasteiger partial charge in [0.05, 0.1) is 0 Å². The Morgan fingerprint density at radius 1 is 1.13 bits per heavy atom. The number of carbonyl (C=O) groups excluding carboxylic acids is 2. The van der Waals surface area contributed by atoms with E-state index in [4.69, 9.17) is 9.47 Å². The average molecular weight is 453 g/mol. The highest BCUT2D eigenvalue weighted by Gasteiger charge is 2.58. The summed E-state index contributed by atoms with van der Waals surface area (Å²) in [7, 11) is 1.41. The SMILES string of the molecule is CCC(CC)(NC(=O)Oc1ccc(C2CC2)c(OCC(F)(F)C(F)(F)F)n1)C(=O)NC. The molecule has 174 valence electrons. The van der Waals surface area contributed by atoms with Crippen LogP contribution < -0.4 is 20.1 Å². The second kappa shape index (κ2) is 9.23. The smallest absolute Gasteiger partial charge is 0.456 e. The van der Waals surface area contributed by atoms with Crippen molar-refractivity contribution in [1.29, 1.82) is 0 Å². The minimum Gasteiger partial charge on any atom is -0.471 e. The van der Waals surface area contributed by atoms with Crippen molar-refractivity contribution in [2.45, 2.75) is 63.1 Å². The number of amides is 2. The lowest BCUT2D eigenvalue weighted by Crippen LogP contribution is -2.58. The van der Waals surface area contributed by atoms with E-state index in [2.05, 4.69) is 15.6 Å². The van der Waals surface area contributed by atoms with E-state index in [0.29, 0.717) is 18.4 Å². The number of hydrogen-bond donors (Lipinski definition) is 2. The third-order valence-corrected chi connectivity index (χ3v) is 5.09. The number of likely N-dealkylation sites (N-methyl/N-ethyl adjacent to an activating group) is 1. The highest BCUT2D eigenvalue weighted by Crippen LogP contribution is 2.45. The number of carbonyl (C=O) groups is 2. The Labute approximate surface area is 175 Å². The molecule has 0 aliphatic heterocycles. The van der Waals surface area contributed by atoms with Crippen molar-refractivity contribution in [3.05, 3.63) is 17.7 Å². The van der Waals surface area contributed by atoms with Crippen LogP contribution in [0.2, 0.25) is 0 Å². The van der Waals surface area contributed by atoms with Gasteiger partial charge in [-0.1, -0.05) is 13.8 Å². The van der Waals surface area contributed by atoms with Gasteiger partial charge < -0.3 is 20.1 Å². The molecule has 1 aromatic rings. The van der Waals surface area contributed by atoms with E-state index in [1.54, 1.807) is 13.8 Å². The molecule has 1 aliphatic carbocycles. The third-order valence-electron chi connectivity index (χ3n) is 5.09. The van der Waals surface area contributed by atoms with Gasteiger partial charge in [0.15, 0.2) is 6.61 Å². The molecule has 0 radical (unpaired) electrons. The number of ether oxygens (including phenoxy) is 2. The number of hydrogen-bond acceptors (Lipinski definition) is 5. The zero-order valence-electron chi connectivity index (χ0n) is 17.2. The lowest BCUT2D eigenvalue weighted by molar-refractivity contribution is -0.290. The van der Waals surface area contributed by atoms with E-state index in [1.165, 1.54) is 19.2 Å². The van der Waals surface area contributed by atoms with Gasteiger partial charge >= 0.3 is 18.2 Å². The molecule has 2 N–H and O–H groups in total. The second-order valence-electron chi connectivity index (χ2n) is 7.19. The zero-order valence-corrected chi connectivity index (χ0v) is 17.2. The average Bonchev–Trinajstić information content (AvgIpc) is 3.54. The summed E-state index contributed by atoms with van der Waals surface area (Å²) in [5, 5.41) is 4.90. The molecule has 2 rings (SSSR count). The molecule has 0 unspecified atom stereocenters. The molecule has 0 aromatic carbocycles. The Balaban J connectivity index is 2.18. The van der Waals surface area contributed by atoms with Crippen LogP contribution in [0.15, 0.2) is 12.1 Å². The van der Waals surface area contributed by atoms with Gasteiger partial charge in [0.25, 0.3) is 0 Å². The first-order valence-corrected chi connectivity index (χ1v) is 9.69. The summed E-state index contributed by atoms with van der Waals surface area (Å²) in [5.74, 6) is -6.42. The van der Waals surface area contributed by atoms with Crippen LogP contribution in [0.4, 0.5) is 26.7 Å². The topological polar surface area (TPSA) is 89.6 Å². The lowest BCUT2D eigenvalue weighted by Gasteiger charge is -2.30. The summed E-state index contributed by atoms with van der Waals surface area (Å²) in [6, 6.07) is 2.68. The van der Waals surface area contributed by atoms with E-state index in [1.807, 2.05) is 0 Å². The summed E-state index contributed by atoms with van der Waals surface area (Å²) in [4.78, 5) is 28.2. The minimum absolute atomic E-state index is 0.0778. The molecular weight excluding hydrogens is 429 g/mol. The number of nitrogens with one attached hydrogen (secondary N) is 2. The first-order chi connectivity index (χ1) is 14.4. The maximum absolute atomic E-state index is 13.2. The van der Waals surface area contributed by atoms with Crippen molar-refractivity contribution in [3.63, 3.8) is 0 Å². The first-order valence-electron chi connectivity index (χ1n) is 9.69. The molecule has 1 heterocycles. The van der Waals surface area contributed by atoms with E-state index in [9.17, 15) is 31.5 Å². The Morgan fingerprint density at radius 3 is 2.23 bits per heavy atom. The summed E-state index contributed by atoms with van der Waals surface area (Å²) >= 11 is 0. The molecule has 2 amide bonds. The van der Waals surface area contributed by atoms with Gasteiger partial charge in [-0.15, -0.1) is 0 Å². The third kappa shape index (κ3) is 5.73. The zero-order chi connectivity index (χ0) is 23.4. The van der Waals surface area contributed by atoms with Gasteiger partial charge in [0.1, 0.15) is 5.54 Å². The quantitative estimate of drug-likeness (QED) is 0.553. The van der Waals surface area contributed by atoms with E-state index < -0.39 is 42.1 Å². The van der Waals surface area contributed by atoms with Crippen LogP contribution in [0.1, 0.15) is 51.0 Å². The van der Waals surface area contributed by atoms with Gasteiger partial charge in [-0.05, 0) is 37.7 Å². The van der Waals surface area contributed by atoms with Crippen LogP contribution in [0.25, 0.3) is 0 Å². The van der Waals surface area contributed by atoms with Crippen LogP contribution in [0.5, 0.6) is 11.8 Å². The fraction of sp³-hybridized carbons (Fsp3) is 0.632. The molecule has 0 saturated heterocycles. The van der Waals surface area contributed by atoms with Crippen molar-refractivity contribution in [1.82, 2.24) is 15.6 Å². The Kier molecular flexibility index (Phi) is 7.32. The van der Waals surface area contributed by atoms with Crippen LogP contribution in [0, 0.1) is 0 Å². The maximum Gasteiger partial charge on any atom is 0.456 e. The van der Waals surface area contributed by atoms with E-state index in [-0.39, 0.29) is 24.6 Å². The minimum atomic E-state index is -5.77. The molecule has 1 aliphatic rings. The van der Waals surface area contributed by atoms with Gasteiger partial charge in [-0.25, -0.2) is 4.79 Å². The van der Waals surface area contributed by atoms with Crippen LogP contribution in [-0.2, 0) is 4.79 Å².